The summed E-state index contributed by atoms with van der Waals surface area (Å²) in [6, 6.07) is 0. The van der Waals surface area contributed by atoms with Crippen LogP contribution < -0.4 is 5.73 Å². The van der Waals surface area contributed by atoms with Gasteiger partial charge in [0.1, 0.15) is 5.54 Å². The van der Waals surface area contributed by atoms with Gasteiger partial charge in [-0.3, -0.25) is 9.59 Å². The van der Waals surface area contributed by atoms with Crippen LogP contribution in [0.2, 0.25) is 0 Å². The second-order valence-corrected chi connectivity index (χ2v) is 5.41. The van der Waals surface area contributed by atoms with Gasteiger partial charge in [-0.05, 0) is 25.5 Å². The predicted molar refractivity (Wildman–Crippen MR) is 65.8 cm³/mol. The zero-order valence-corrected chi connectivity index (χ0v) is 10.6. The van der Waals surface area contributed by atoms with E-state index in [4.69, 9.17) is 5.73 Å². The van der Waals surface area contributed by atoms with E-state index in [2.05, 4.69) is 6.58 Å². The predicted octanol–water partition coefficient (Wildman–Crippen LogP) is 1.12. The molecule has 1 fully saturated rings. The van der Waals surface area contributed by atoms with Gasteiger partial charge in [0.15, 0.2) is 0 Å². The van der Waals surface area contributed by atoms with Crippen molar-refractivity contribution in [2.75, 3.05) is 12.3 Å². The summed E-state index contributed by atoms with van der Waals surface area (Å²) in [4.78, 5) is 25.5. The molecule has 16 heavy (non-hydrogen) atoms. The fourth-order valence-corrected chi connectivity index (χ4v) is 2.51. The average molecular weight is 242 g/mol. The Labute approximate surface area is 100 Å². The van der Waals surface area contributed by atoms with Crippen molar-refractivity contribution >= 4 is 23.6 Å². The van der Waals surface area contributed by atoms with Gasteiger partial charge in [-0.2, -0.15) is 0 Å². The molecule has 0 radical (unpaired) electrons. The summed E-state index contributed by atoms with van der Waals surface area (Å²) >= 11 is 1.40. The van der Waals surface area contributed by atoms with Gasteiger partial charge in [0, 0.05) is 6.54 Å². The lowest BCUT2D eigenvalue weighted by Gasteiger charge is -2.32. The van der Waals surface area contributed by atoms with Crippen molar-refractivity contribution in [2.24, 2.45) is 5.73 Å². The highest BCUT2D eigenvalue weighted by Gasteiger charge is 2.44. The third-order valence-electron chi connectivity index (χ3n) is 2.97. The second-order valence-electron chi connectivity index (χ2n) is 4.05. The van der Waals surface area contributed by atoms with Gasteiger partial charge >= 0.3 is 0 Å². The van der Waals surface area contributed by atoms with Crippen LogP contribution in [0.3, 0.4) is 0 Å². The minimum atomic E-state index is -0.839. The number of carbonyl (C=O) groups excluding carboxylic acids is 2. The van der Waals surface area contributed by atoms with Crippen LogP contribution in [0.15, 0.2) is 11.5 Å². The maximum absolute atomic E-state index is 12.1. The fraction of sp³-hybridized carbons (Fsp3) is 0.636. The van der Waals surface area contributed by atoms with Crippen molar-refractivity contribution in [3.8, 4) is 0 Å². The molecule has 1 rings (SSSR count). The fourth-order valence-electron chi connectivity index (χ4n) is 1.93. The zero-order valence-electron chi connectivity index (χ0n) is 9.78. The lowest BCUT2D eigenvalue weighted by molar-refractivity contribution is -0.139. The third kappa shape index (κ3) is 2.24. The monoisotopic (exact) mass is 242 g/mol. The van der Waals surface area contributed by atoms with E-state index in [9.17, 15) is 9.59 Å². The van der Waals surface area contributed by atoms with Crippen molar-refractivity contribution in [3.63, 3.8) is 0 Å². The van der Waals surface area contributed by atoms with E-state index in [-0.39, 0.29) is 5.91 Å². The number of carbonyl (C=O) groups is 2. The Morgan fingerprint density at radius 3 is 2.69 bits per heavy atom. The first-order valence-corrected chi connectivity index (χ1v) is 6.35. The minimum Gasteiger partial charge on any atom is -0.368 e. The molecule has 1 heterocycles. The highest BCUT2D eigenvalue weighted by atomic mass is 32.2. The number of hydrogen-bond donors (Lipinski definition) is 1. The summed E-state index contributed by atoms with van der Waals surface area (Å²) < 4.78 is 0. The highest BCUT2D eigenvalue weighted by Crippen LogP contribution is 2.31. The van der Waals surface area contributed by atoms with Crippen LogP contribution in [0, 0.1) is 0 Å². The molecule has 1 aliphatic rings. The molecular weight excluding hydrogens is 224 g/mol. The number of amides is 2. The summed E-state index contributed by atoms with van der Waals surface area (Å²) in [6.07, 6.45) is 1.45. The molecule has 1 aliphatic heterocycles. The number of rotatable bonds is 4. The van der Waals surface area contributed by atoms with E-state index in [1.165, 1.54) is 11.8 Å². The first-order chi connectivity index (χ1) is 7.43. The van der Waals surface area contributed by atoms with Crippen LogP contribution in [0.1, 0.15) is 26.7 Å². The van der Waals surface area contributed by atoms with Crippen LogP contribution in [0.25, 0.3) is 0 Å². The van der Waals surface area contributed by atoms with E-state index in [0.29, 0.717) is 17.9 Å². The Hall–Kier alpha value is -0.970. The standard InChI is InChI=1S/C11H18N2O2S/c1-4-16-8(2)9(14)13-7-5-6-11(13,3)10(12)15/h2,4-7H2,1,3H3,(H2,12,15)/t11-/m0/s1. The Morgan fingerprint density at radius 2 is 2.19 bits per heavy atom. The van der Waals surface area contributed by atoms with Crippen molar-refractivity contribution in [1.82, 2.24) is 4.90 Å². The lowest BCUT2D eigenvalue weighted by Crippen LogP contribution is -2.54. The molecule has 0 spiro atoms. The van der Waals surface area contributed by atoms with Crippen LogP contribution >= 0.6 is 11.8 Å². The van der Waals surface area contributed by atoms with Gasteiger partial charge in [-0.1, -0.05) is 13.5 Å². The zero-order chi connectivity index (χ0) is 12.3. The Balaban J connectivity index is 2.83. The molecule has 0 aromatic heterocycles. The topological polar surface area (TPSA) is 63.4 Å². The molecule has 0 aromatic carbocycles. The van der Waals surface area contributed by atoms with Crippen LogP contribution in [0.5, 0.6) is 0 Å². The third-order valence-corrected chi connectivity index (χ3v) is 3.79. The first kappa shape index (κ1) is 13.1. The normalized spacial score (nSPS) is 24.5. The number of likely N-dealkylation sites (tertiary alicyclic amines) is 1. The van der Waals surface area contributed by atoms with Crippen LogP contribution in [-0.2, 0) is 9.59 Å². The molecule has 1 saturated heterocycles. The quantitative estimate of drug-likeness (QED) is 0.751. The Kier molecular flexibility index (Phi) is 4.02. The van der Waals surface area contributed by atoms with Crippen molar-refractivity contribution in [1.29, 1.82) is 0 Å². The van der Waals surface area contributed by atoms with Gasteiger partial charge in [0.05, 0.1) is 4.91 Å². The SMILES string of the molecule is C=C(SCC)C(=O)N1CCC[C@@]1(C)C(N)=O. The maximum Gasteiger partial charge on any atom is 0.260 e. The molecular formula is C11H18N2O2S. The van der Waals surface area contributed by atoms with E-state index in [0.717, 1.165) is 12.2 Å². The number of nitrogens with zero attached hydrogens (tertiary/aromatic N) is 1. The molecule has 0 saturated carbocycles. The summed E-state index contributed by atoms with van der Waals surface area (Å²) in [6.45, 7) is 8.00. The van der Waals surface area contributed by atoms with E-state index in [1.807, 2.05) is 6.92 Å². The lowest BCUT2D eigenvalue weighted by atomic mass is 9.98. The summed E-state index contributed by atoms with van der Waals surface area (Å²) in [7, 11) is 0. The smallest absolute Gasteiger partial charge is 0.260 e. The van der Waals surface area contributed by atoms with E-state index >= 15 is 0 Å². The Bertz CT molecular complexity index is 330. The number of thioether (sulfide) groups is 1. The van der Waals surface area contributed by atoms with Crippen LogP contribution in [0.4, 0.5) is 0 Å². The maximum atomic E-state index is 12.1. The van der Waals surface area contributed by atoms with Crippen molar-refractivity contribution < 1.29 is 9.59 Å². The molecule has 0 aromatic rings. The molecule has 4 nitrogen and oxygen atoms in total. The summed E-state index contributed by atoms with van der Waals surface area (Å²) in [5, 5.41) is 0. The molecule has 0 bridgehead atoms. The summed E-state index contributed by atoms with van der Waals surface area (Å²) in [5.74, 6) is 0.199. The molecule has 0 unspecified atom stereocenters. The number of nitrogens with two attached hydrogens (primary N) is 1. The molecule has 5 heteroatoms. The van der Waals surface area contributed by atoms with Gasteiger partial charge in [-0.25, -0.2) is 0 Å². The second kappa shape index (κ2) is 4.91. The van der Waals surface area contributed by atoms with Crippen molar-refractivity contribution in [3.05, 3.63) is 11.5 Å². The van der Waals surface area contributed by atoms with Gasteiger partial charge in [0.25, 0.3) is 5.91 Å². The molecule has 90 valence electrons. The average Bonchev–Trinajstić information content (AvgIpc) is 2.61. The molecule has 1 atom stereocenters. The number of primary amides is 1. The Morgan fingerprint density at radius 1 is 1.56 bits per heavy atom. The van der Waals surface area contributed by atoms with Gasteiger partial charge < -0.3 is 10.6 Å². The van der Waals surface area contributed by atoms with Gasteiger partial charge in [-0.15, -0.1) is 11.8 Å². The van der Waals surface area contributed by atoms with Crippen LogP contribution in [-0.4, -0.2) is 34.6 Å². The van der Waals surface area contributed by atoms with E-state index in [1.54, 1.807) is 11.8 Å². The highest BCUT2D eigenvalue weighted by molar-refractivity contribution is 8.03. The largest absolute Gasteiger partial charge is 0.368 e. The number of hydrogen-bond acceptors (Lipinski definition) is 3. The van der Waals surface area contributed by atoms with Crippen molar-refractivity contribution in [2.45, 2.75) is 32.2 Å². The molecule has 0 aliphatic carbocycles. The summed E-state index contributed by atoms with van der Waals surface area (Å²) in [5.41, 5.74) is 4.53. The molecule has 2 amide bonds. The van der Waals surface area contributed by atoms with E-state index < -0.39 is 11.4 Å². The molecule has 2 N–H and O–H groups in total. The minimum absolute atomic E-state index is 0.161. The first-order valence-electron chi connectivity index (χ1n) is 5.37. The van der Waals surface area contributed by atoms with Gasteiger partial charge in [0.2, 0.25) is 5.91 Å².